The second kappa shape index (κ2) is 7.84. The van der Waals surface area contributed by atoms with Gasteiger partial charge in [0.25, 0.3) is 5.69 Å². The number of carbonyl (C=O) groups is 1. The quantitative estimate of drug-likeness (QED) is 0.371. The monoisotopic (exact) mass is 406 g/mol. The van der Waals surface area contributed by atoms with E-state index in [0.717, 1.165) is 28.3 Å². The van der Waals surface area contributed by atoms with Crippen LogP contribution in [0.3, 0.4) is 0 Å². The zero-order valence-corrected chi connectivity index (χ0v) is 16.5. The second-order valence-electron chi connectivity index (χ2n) is 6.59. The molecule has 8 heteroatoms. The first-order chi connectivity index (χ1) is 14.0. The van der Waals surface area contributed by atoms with Crippen LogP contribution in [0.2, 0.25) is 0 Å². The molecule has 4 aromatic rings. The summed E-state index contributed by atoms with van der Waals surface area (Å²) >= 11 is 1.47. The predicted molar refractivity (Wildman–Crippen MR) is 113 cm³/mol. The minimum atomic E-state index is -0.488. The van der Waals surface area contributed by atoms with Crippen molar-refractivity contribution in [2.75, 3.05) is 5.32 Å². The molecule has 4 rings (SSSR count). The number of carbonyl (C=O) groups excluding carboxylic acids is 1. The Hall–Kier alpha value is -3.52. The Labute approximate surface area is 170 Å². The molecule has 0 aliphatic carbocycles. The van der Waals surface area contributed by atoms with Gasteiger partial charge in [-0.2, -0.15) is 0 Å². The van der Waals surface area contributed by atoms with E-state index in [1.807, 2.05) is 16.0 Å². The van der Waals surface area contributed by atoms with Gasteiger partial charge in [0.2, 0.25) is 5.91 Å². The van der Waals surface area contributed by atoms with Gasteiger partial charge >= 0.3 is 0 Å². The van der Waals surface area contributed by atoms with Crippen LogP contribution < -0.4 is 5.32 Å². The Morgan fingerprint density at radius 2 is 2.03 bits per heavy atom. The van der Waals surface area contributed by atoms with E-state index in [2.05, 4.69) is 41.5 Å². The number of aryl methyl sites for hydroxylation is 1. The molecule has 0 aliphatic rings. The number of nitro groups is 1. The molecule has 1 amide bonds. The lowest BCUT2D eigenvalue weighted by Gasteiger charge is -2.04. The Morgan fingerprint density at radius 1 is 1.24 bits per heavy atom. The highest BCUT2D eigenvalue weighted by atomic mass is 32.1. The molecular formula is C21H18N4O3S. The summed E-state index contributed by atoms with van der Waals surface area (Å²) in [6.45, 7) is 2.12. The van der Waals surface area contributed by atoms with Gasteiger partial charge in [0.15, 0.2) is 4.96 Å². The molecule has 0 saturated carbocycles. The van der Waals surface area contributed by atoms with E-state index in [4.69, 9.17) is 0 Å². The van der Waals surface area contributed by atoms with E-state index in [0.29, 0.717) is 5.69 Å². The summed E-state index contributed by atoms with van der Waals surface area (Å²) in [4.78, 5) is 28.3. The van der Waals surface area contributed by atoms with Crippen LogP contribution in [0, 0.1) is 10.1 Å². The van der Waals surface area contributed by atoms with E-state index in [-0.39, 0.29) is 18.0 Å². The fraction of sp³-hybridized carbons (Fsp3) is 0.143. The third-order valence-corrected chi connectivity index (χ3v) is 5.51. The van der Waals surface area contributed by atoms with Crippen molar-refractivity contribution in [1.82, 2.24) is 9.38 Å². The van der Waals surface area contributed by atoms with Crippen molar-refractivity contribution >= 4 is 33.6 Å². The molecule has 1 N–H and O–H groups in total. The molecule has 7 nitrogen and oxygen atoms in total. The SMILES string of the molecule is CCc1ccc(-c2cn3c(CC(=O)Nc4cccc([N+](=O)[O-])c4)csc3n2)cc1. The van der Waals surface area contributed by atoms with Crippen LogP contribution in [0.25, 0.3) is 16.2 Å². The number of benzene rings is 2. The van der Waals surface area contributed by atoms with Crippen molar-refractivity contribution in [2.24, 2.45) is 0 Å². The number of anilines is 1. The average molecular weight is 406 g/mol. The number of non-ortho nitro benzene ring substituents is 1. The van der Waals surface area contributed by atoms with Crippen molar-refractivity contribution in [3.63, 3.8) is 0 Å². The van der Waals surface area contributed by atoms with E-state index in [1.165, 1.54) is 29.0 Å². The van der Waals surface area contributed by atoms with E-state index in [1.54, 1.807) is 12.1 Å². The summed E-state index contributed by atoms with van der Waals surface area (Å²) < 4.78 is 1.92. The predicted octanol–water partition coefficient (Wildman–Crippen LogP) is 4.71. The van der Waals surface area contributed by atoms with Crippen molar-refractivity contribution in [2.45, 2.75) is 19.8 Å². The Kier molecular flexibility index (Phi) is 5.09. The summed E-state index contributed by atoms with van der Waals surface area (Å²) in [6.07, 6.45) is 3.07. The van der Waals surface area contributed by atoms with Gasteiger partial charge in [0.05, 0.1) is 17.0 Å². The average Bonchev–Trinajstić information content (AvgIpc) is 3.30. The van der Waals surface area contributed by atoms with Crippen LogP contribution in [0.5, 0.6) is 0 Å². The lowest BCUT2D eigenvalue weighted by Crippen LogP contribution is -2.15. The molecule has 0 saturated heterocycles. The van der Waals surface area contributed by atoms with Gasteiger partial charge in [0.1, 0.15) is 0 Å². The van der Waals surface area contributed by atoms with Crippen LogP contribution in [-0.2, 0) is 17.6 Å². The van der Waals surface area contributed by atoms with Gasteiger partial charge in [-0.1, -0.05) is 37.3 Å². The zero-order valence-electron chi connectivity index (χ0n) is 15.7. The maximum atomic E-state index is 12.4. The molecule has 0 fully saturated rings. The molecule has 0 unspecified atom stereocenters. The molecule has 2 heterocycles. The standard InChI is InChI=1S/C21H18N4O3S/c1-2-14-6-8-15(9-7-14)19-12-24-18(13-29-21(24)23-19)11-20(26)22-16-4-3-5-17(10-16)25(27)28/h3-10,12-13H,2,11H2,1H3,(H,22,26). The summed E-state index contributed by atoms with van der Waals surface area (Å²) in [6, 6.07) is 14.2. The number of hydrogen-bond acceptors (Lipinski definition) is 5. The van der Waals surface area contributed by atoms with Crippen LogP contribution in [0.4, 0.5) is 11.4 Å². The summed E-state index contributed by atoms with van der Waals surface area (Å²) in [5, 5.41) is 15.5. The highest BCUT2D eigenvalue weighted by molar-refractivity contribution is 7.15. The fourth-order valence-electron chi connectivity index (χ4n) is 3.07. The van der Waals surface area contributed by atoms with Crippen LogP contribution in [0.15, 0.2) is 60.1 Å². The normalized spacial score (nSPS) is 10.9. The van der Waals surface area contributed by atoms with Crippen molar-refractivity contribution < 1.29 is 9.72 Å². The van der Waals surface area contributed by atoms with Crippen LogP contribution in [-0.4, -0.2) is 20.2 Å². The summed E-state index contributed by atoms with van der Waals surface area (Å²) in [5.41, 5.74) is 4.32. The van der Waals surface area contributed by atoms with Gasteiger partial charge in [-0.3, -0.25) is 19.3 Å². The number of imidazole rings is 1. The number of amides is 1. The minimum absolute atomic E-state index is 0.0610. The van der Waals surface area contributed by atoms with Crippen molar-refractivity contribution in [1.29, 1.82) is 0 Å². The topological polar surface area (TPSA) is 89.5 Å². The highest BCUT2D eigenvalue weighted by Crippen LogP contribution is 2.25. The number of hydrogen-bond donors (Lipinski definition) is 1. The molecule has 0 bridgehead atoms. The van der Waals surface area contributed by atoms with E-state index >= 15 is 0 Å². The number of aromatic nitrogens is 2. The van der Waals surface area contributed by atoms with Gasteiger partial charge in [-0.05, 0) is 18.1 Å². The molecule has 29 heavy (non-hydrogen) atoms. The van der Waals surface area contributed by atoms with Gasteiger partial charge in [-0.15, -0.1) is 11.3 Å². The Balaban J connectivity index is 1.52. The largest absolute Gasteiger partial charge is 0.326 e. The first kappa shape index (κ1) is 18.8. The number of thiazole rings is 1. The zero-order chi connectivity index (χ0) is 20.4. The Bertz CT molecular complexity index is 1190. The van der Waals surface area contributed by atoms with E-state index < -0.39 is 4.92 Å². The van der Waals surface area contributed by atoms with Crippen LogP contribution in [0.1, 0.15) is 18.2 Å². The first-order valence-electron chi connectivity index (χ1n) is 9.12. The summed E-state index contributed by atoms with van der Waals surface area (Å²) in [7, 11) is 0. The third kappa shape index (κ3) is 4.02. The molecule has 0 radical (unpaired) electrons. The lowest BCUT2D eigenvalue weighted by atomic mass is 10.1. The third-order valence-electron chi connectivity index (χ3n) is 4.62. The van der Waals surface area contributed by atoms with Crippen molar-refractivity contribution in [3.05, 3.63) is 81.5 Å². The number of nitrogens with zero attached hydrogens (tertiary/aromatic N) is 3. The van der Waals surface area contributed by atoms with Gasteiger partial charge in [-0.25, -0.2) is 4.98 Å². The smallest absolute Gasteiger partial charge is 0.271 e. The molecule has 0 aliphatic heterocycles. The van der Waals surface area contributed by atoms with Crippen molar-refractivity contribution in [3.8, 4) is 11.3 Å². The molecule has 0 atom stereocenters. The Morgan fingerprint density at radius 3 is 2.76 bits per heavy atom. The van der Waals surface area contributed by atoms with Gasteiger partial charge in [0, 0.05) is 40.7 Å². The maximum Gasteiger partial charge on any atom is 0.271 e. The number of nitrogens with one attached hydrogen (secondary N) is 1. The molecule has 2 aromatic heterocycles. The molecule has 2 aromatic carbocycles. The first-order valence-corrected chi connectivity index (χ1v) is 10.0. The highest BCUT2D eigenvalue weighted by Gasteiger charge is 2.14. The lowest BCUT2D eigenvalue weighted by molar-refractivity contribution is -0.384. The molecule has 146 valence electrons. The number of rotatable bonds is 6. The molecule has 0 spiro atoms. The van der Waals surface area contributed by atoms with Crippen LogP contribution >= 0.6 is 11.3 Å². The number of fused-ring (bicyclic) bond motifs is 1. The fourth-order valence-corrected chi connectivity index (χ4v) is 3.95. The molecular weight excluding hydrogens is 388 g/mol. The van der Waals surface area contributed by atoms with E-state index in [9.17, 15) is 14.9 Å². The minimum Gasteiger partial charge on any atom is -0.326 e. The maximum absolute atomic E-state index is 12.4. The second-order valence-corrected chi connectivity index (χ2v) is 7.43. The summed E-state index contributed by atoms with van der Waals surface area (Å²) in [5.74, 6) is -0.243. The number of nitro benzene ring substituents is 1. The van der Waals surface area contributed by atoms with Gasteiger partial charge < -0.3 is 5.32 Å².